The highest BCUT2D eigenvalue weighted by Crippen LogP contribution is 2.34. The van der Waals surface area contributed by atoms with E-state index in [9.17, 15) is 0 Å². The van der Waals surface area contributed by atoms with E-state index >= 15 is 0 Å². The zero-order chi connectivity index (χ0) is 19.9. The first-order valence-corrected chi connectivity index (χ1v) is 10.7. The molecule has 5 nitrogen and oxygen atoms in total. The smallest absolute Gasteiger partial charge is 0.203 e. The molecule has 7 heteroatoms. The number of nitrogens with zero attached hydrogens (tertiary/aromatic N) is 2. The van der Waals surface area contributed by atoms with Gasteiger partial charge in [-0.1, -0.05) is 30.3 Å². The highest BCUT2D eigenvalue weighted by molar-refractivity contribution is 9.10. The van der Waals surface area contributed by atoms with E-state index in [1.807, 2.05) is 68.6 Å². The van der Waals surface area contributed by atoms with Crippen LogP contribution in [0.25, 0.3) is 11.3 Å². The van der Waals surface area contributed by atoms with Gasteiger partial charge in [0.1, 0.15) is 0 Å². The second kappa shape index (κ2) is 9.71. The predicted octanol–water partition coefficient (Wildman–Crippen LogP) is 6.20. The SMILES string of the molecule is CCOc1cc(C=NNc2nc(-c3ccccc3)cs2)c(Br)cc1OC(C)C. The molecule has 0 aliphatic heterocycles. The summed E-state index contributed by atoms with van der Waals surface area (Å²) in [6, 6.07) is 13.9. The number of aromatic nitrogens is 1. The molecule has 2 aromatic carbocycles. The lowest BCUT2D eigenvalue weighted by Gasteiger charge is -2.15. The van der Waals surface area contributed by atoms with Crippen molar-refractivity contribution in [1.29, 1.82) is 0 Å². The average molecular weight is 460 g/mol. The van der Waals surface area contributed by atoms with Gasteiger partial charge in [0.2, 0.25) is 5.13 Å². The number of hydrogen-bond donors (Lipinski definition) is 1. The van der Waals surface area contributed by atoms with Crippen LogP contribution in [0, 0.1) is 0 Å². The van der Waals surface area contributed by atoms with Gasteiger partial charge in [0.05, 0.1) is 24.6 Å². The number of anilines is 1. The molecule has 0 unspecified atom stereocenters. The van der Waals surface area contributed by atoms with Gasteiger partial charge in [0.25, 0.3) is 0 Å². The molecule has 0 spiro atoms. The van der Waals surface area contributed by atoms with Crippen LogP contribution < -0.4 is 14.9 Å². The summed E-state index contributed by atoms with van der Waals surface area (Å²) >= 11 is 5.09. The van der Waals surface area contributed by atoms with Gasteiger partial charge in [0.15, 0.2) is 11.5 Å². The fraction of sp³-hybridized carbons (Fsp3) is 0.238. The Morgan fingerprint density at radius 3 is 2.71 bits per heavy atom. The van der Waals surface area contributed by atoms with Crippen LogP contribution in [0.4, 0.5) is 5.13 Å². The Kier molecular flexibility index (Phi) is 7.06. The van der Waals surface area contributed by atoms with E-state index in [2.05, 4.69) is 31.4 Å². The van der Waals surface area contributed by atoms with Crippen LogP contribution in [0.2, 0.25) is 0 Å². The first-order chi connectivity index (χ1) is 13.6. The van der Waals surface area contributed by atoms with Gasteiger partial charge in [-0.05, 0) is 48.8 Å². The standard InChI is InChI=1S/C21H22BrN3O2S/c1-4-26-19-10-16(17(22)11-20(19)27-14(2)3)12-23-25-21-24-18(13-28-21)15-8-6-5-7-9-15/h5-14H,4H2,1-3H3,(H,24,25). The molecule has 0 radical (unpaired) electrons. The minimum Gasteiger partial charge on any atom is -0.490 e. The zero-order valence-corrected chi connectivity index (χ0v) is 18.4. The fourth-order valence-corrected chi connectivity index (χ4v) is 3.58. The fourth-order valence-electron chi connectivity index (χ4n) is 2.49. The summed E-state index contributed by atoms with van der Waals surface area (Å²) in [5.41, 5.74) is 5.89. The molecule has 1 heterocycles. The quantitative estimate of drug-likeness (QED) is 0.321. The Morgan fingerprint density at radius 2 is 2.00 bits per heavy atom. The van der Waals surface area contributed by atoms with Gasteiger partial charge < -0.3 is 9.47 Å². The molecule has 0 aliphatic carbocycles. The van der Waals surface area contributed by atoms with Crippen LogP contribution >= 0.6 is 27.3 Å². The highest BCUT2D eigenvalue weighted by atomic mass is 79.9. The Balaban J connectivity index is 1.73. The van der Waals surface area contributed by atoms with Crippen molar-refractivity contribution < 1.29 is 9.47 Å². The molecule has 28 heavy (non-hydrogen) atoms. The van der Waals surface area contributed by atoms with E-state index in [1.54, 1.807) is 6.21 Å². The van der Waals surface area contributed by atoms with Crippen molar-refractivity contribution in [3.05, 3.63) is 57.9 Å². The number of benzene rings is 2. The van der Waals surface area contributed by atoms with Crippen LogP contribution in [0.3, 0.4) is 0 Å². The van der Waals surface area contributed by atoms with Crippen molar-refractivity contribution in [2.24, 2.45) is 5.10 Å². The third kappa shape index (κ3) is 5.33. The summed E-state index contributed by atoms with van der Waals surface area (Å²) in [6.07, 6.45) is 1.80. The van der Waals surface area contributed by atoms with Crippen LogP contribution in [-0.4, -0.2) is 23.9 Å². The number of ether oxygens (including phenoxy) is 2. The van der Waals surface area contributed by atoms with Gasteiger partial charge in [-0.15, -0.1) is 11.3 Å². The summed E-state index contributed by atoms with van der Waals surface area (Å²) in [4.78, 5) is 4.57. The van der Waals surface area contributed by atoms with Crippen molar-refractivity contribution in [3.63, 3.8) is 0 Å². The van der Waals surface area contributed by atoms with Crippen molar-refractivity contribution in [2.75, 3.05) is 12.0 Å². The number of hydrazone groups is 1. The van der Waals surface area contributed by atoms with Crippen molar-refractivity contribution in [1.82, 2.24) is 4.98 Å². The largest absolute Gasteiger partial charge is 0.490 e. The Morgan fingerprint density at radius 1 is 1.21 bits per heavy atom. The van der Waals surface area contributed by atoms with E-state index in [4.69, 9.17) is 9.47 Å². The lowest BCUT2D eigenvalue weighted by Crippen LogP contribution is -2.08. The monoisotopic (exact) mass is 459 g/mol. The lowest BCUT2D eigenvalue weighted by atomic mass is 10.2. The summed E-state index contributed by atoms with van der Waals surface area (Å²) in [6.45, 7) is 6.48. The van der Waals surface area contributed by atoms with E-state index in [0.29, 0.717) is 18.1 Å². The molecule has 0 bridgehead atoms. The Bertz CT molecular complexity index is 942. The molecule has 0 fully saturated rings. The summed E-state index contributed by atoms with van der Waals surface area (Å²) in [7, 11) is 0. The first-order valence-electron chi connectivity index (χ1n) is 8.99. The van der Waals surface area contributed by atoms with Crippen molar-refractivity contribution >= 4 is 38.6 Å². The van der Waals surface area contributed by atoms with Crippen LogP contribution in [0.15, 0.2) is 57.4 Å². The van der Waals surface area contributed by atoms with Gasteiger partial charge in [-0.25, -0.2) is 4.98 Å². The van der Waals surface area contributed by atoms with E-state index in [0.717, 1.165) is 26.4 Å². The van der Waals surface area contributed by atoms with E-state index in [-0.39, 0.29) is 6.10 Å². The number of thiazole rings is 1. The van der Waals surface area contributed by atoms with Gasteiger partial charge in [-0.3, -0.25) is 5.43 Å². The molecule has 0 atom stereocenters. The second-order valence-corrected chi connectivity index (χ2v) is 7.91. The van der Waals surface area contributed by atoms with Crippen LogP contribution in [-0.2, 0) is 0 Å². The average Bonchev–Trinajstić information content (AvgIpc) is 3.14. The molecule has 1 N–H and O–H groups in total. The molecule has 3 rings (SSSR count). The third-order valence-corrected chi connectivity index (χ3v) is 5.10. The topological polar surface area (TPSA) is 55.7 Å². The van der Waals surface area contributed by atoms with Crippen LogP contribution in [0.1, 0.15) is 26.3 Å². The Labute approximate surface area is 177 Å². The summed E-state index contributed by atoms with van der Waals surface area (Å²) in [5, 5.41) is 7.06. The molecule has 0 saturated heterocycles. The van der Waals surface area contributed by atoms with E-state index in [1.165, 1.54) is 11.3 Å². The lowest BCUT2D eigenvalue weighted by molar-refractivity contribution is 0.223. The minimum absolute atomic E-state index is 0.0657. The zero-order valence-electron chi connectivity index (χ0n) is 16.0. The van der Waals surface area contributed by atoms with Gasteiger partial charge in [0, 0.05) is 21.0 Å². The number of rotatable bonds is 8. The highest BCUT2D eigenvalue weighted by Gasteiger charge is 2.11. The van der Waals surface area contributed by atoms with Gasteiger partial charge >= 0.3 is 0 Å². The normalized spacial score (nSPS) is 11.2. The summed E-state index contributed by atoms with van der Waals surface area (Å²) in [5.74, 6) is 1.41. The maximum absolute atomic E-state index is 5.83. The molecule has 0 aliphatic rings. The molecule has 3 aromatic rings. The molecule has 1 aromatic heterocycles. The third-order valence-electron chi connectivity index (χ3n) is 3.66. The maximum Gasteiger partial charge on any atom is 0.203 e. The summed E-state index contributed by atoms with van der Waals surface area (Å²) < 4.78 is 12.4. The molecule has 146 valence electrons. The Hall–Kier alpha value is -2.38. The molecular formula is C21H22BrN3O2S. The molecular weight excluding hydrogens is 438 g/mol. The minimum atomic E-state index is 0.0657. The number of hydrogen-bond acceptors (Lipinski definition) is 6. The maximum atomic E-state index is 5.83. The van der Waals surface area contributed by atoms with Gasteiger partial charge in [-0.2, -0.15) is 5.10 Å². The number of nitrogens with one attached hydrogen (secondary N) is 1. The van der Waals surface area contributed by atoms with Crippen molar-refractivity contribution in [3.8, 4) is 22.8 Å². The predicted molar refractivity (Wildman–Crippen MR) is 120 cm³/mol. The van der Waals surface area contributed by atoms with E-state index < -0.39 is 0 Å². The first kappa shape index (κ1) is 20.4. The molecule has 0 amide bonds. The second-order valence-electron chi connectivity index (χ2n) is 6.19. The van der Waals surface area contributed by atoms with Crippen LogP contribution in [0.5, 0.6) is 11.5 Å². The van der Waals surface area contributed by atoms with Crippen molar-refractivity contribution in [2.45, 2.75) is 26.9 Å². The number of halogens is 1. The molecule has 0 saturated carbocycles.